The van der Waals surface area contributed by atoms with Crippen molar-refractivity contribution in [2.24, 2.45) is 0 Å². The number of benzene rings is 5. The summed E-state index contributed by atoms with van der Waals surface area (Å²) >= 11 is 12.8. The molecule has 54 heavy (non-hydrogen) atoms. The highest BCUT2D eigenvalue weighted by molar-refractivity contribution is 7.16. The molecular weight excluding hydrogens is 763 g/mol. The molecule has 2 aliphatic rings. The Kier molecular flexibility index (Phi) is 11.4. The summed E-state index contributed by atoms with van der Waals surface area (Å²) in [6.45, 7) is 0.805. The van der Waals surface area contributed by atoms with Crippen LogP contribution >= 0.6 is 41.7 Å². The number of ether oxygens (including phenoxy) is 2. The van der Waals surface area contributed by atoms with Gasteiger partial charge in [0.25, 0.3) is 11.8 Å². The van der Waals surface area contributed by atoms with Gasteiger partial charge in [0.2, 0.25) is 0 Å². The highest BCUT2D eigenvalue weighted by atomic mass is 35.5. The molecule has 0 fully saturated rings. The molecule has 4 atom stereocenters. The Labute approximate surface area is 327 Å². The van der Waals surface area contributed by atoms with E-state index in [9.17, 15) is 19.5 Å². The van der Waals surface area contributed by atoms with Gasteiger partial charge in [0.1, 0.15) is 24.2 Å². The van der Waals surface area contributed by atoms with Crippen LogP contribution in [0.15, 0.2) is 91.0 Å². The Hall–Kier alpha value is -4.65. The van der Waals surface area contributed by atoms with Crippen molar-refractivity contribution >= 4 is 110 Å². The second kappa shape index (κ2) is 16.4. The summed E-state index contributed by atoms with van der Waals surface area (Å²) in [4.78, 5) is 42.7. The van der Waals surface area contributed by atoms with Crippen molar-refractivity contribution in [3.05, 3.63) is 113 Å². The summed E-state index contributed by atoms with van der Waals surface area (Å²) in [7, 11) is 5.11. The lowest BCUT2D eigenvalue weighted by atomic mass is 9.95. The molecule has 0 aliphatic carbocycles. The number of halogens is 2. The second-order valence-corrected chi connectivity index (χ2v) is 14.2. The Bertz CT molecular complexity index is 2350. The van der Waals surface area contributed by atoms with E-state index in [4.69, 9.17) is 32.7 Å². The molecule has 276 valence electrons. The van der Waals surface area contributed by atoms with Crippen LogP contribution < -0.4 is 24.6 Å². The molecule has 9 nitrogen and oxygen atoms in total. The fraction of sp³-hybridized carbons (Fsp3) is 0.195. The lowest BCUT2D eigenvalue weighted by molar-refractivity contribution is -0.114. The third-order valence-corrected chi connectivity index (χ3v) is 10.9. The minimum absolute atomic E-state index is 0.0610. The molecule has 0 radical (unpaired) electrons. The highest BCUT2D eigenvalue weighted by Gasteiger charge is 2.35. The number of fused-ring (bicyclic) bond motifs is 6. The number of hydrogen-bond donors (Lipinski definition) is 2. The lowest BCUT2D eigenvalue weighted by Crippen LogP contribution is -2.28. The number of carbonyl (C=O) groups is 3. The van der Waals surface area contributed by atoms with E-state index in [-0.39, 0.29) is 29.3 Å². The van der Waals surface area contributed by atoms with Crippen LogP contribution in [0.1, 0.15) is 34.1 Å². The van der Waals surface area contributed by atoms with Gasteiger partial charge in [-0.25, -0.2) is 4.79 Å². The summed E-state index contributed by atoms with van der Waals surface area (Å²) in [6, 6.07) is 24.7. The first-order valence-electron chi connectivity index (χ1n) is 17.3. The van der Waals surface area contributed by atoms with Gasteiger partial charge in [0.05, 0.1) is 17.1 Å². The zero-order valence-electron chi connectivity index (χ0n) is 29.0. The number of hydrogen-bond acceptors (Lipinski definition) is 5. The number of alkyl halides is 2. The zero-order chi connectivity index (χ0) is 37.9. The molecule has 7 rings (SSSR count). The Morgan fingerprint density at radius 1 is 0.722 bits per heavy atom. The molecule has 0 bridgehead atoms. The lowest BCUT2D eigenvalue weighted by Gasteiger charge is -2.18. The van der Waals surface area contributed by atoms with Gasteiger partial charge in [-0.05, 0) is 51.2 Å². The maximum absolute atomic E-state index is 13.8. The van der Waals surface area contributed by atoms with E-state index in [2.05, 4.69) is 23.8 Å². The van der Waals surface area contributed by atoms with Crippen molar-refractivity contribution in [3.63, 3.8) is 0 Å². The van der Waals surface area contributed by atoms with Crippen molar-refractivity contribution in [3.8, 4) is 11.5 Å². The number of amides is 3. The SMILES string of the molecule is O=C(O)Nc1cc(/C=C/C(=O)N2C[C@@H](CCl)c3c2cc(OCP)c2ccccc32)ccc1/C=C/C(=O)N1C[C@@H](CCl)c2c1cc(OCP)c1ccccc21. The van der Waals surface area contributed by atoms with E-state index in [0.717, 1.165) is 44.0 Å². The van der Waals surface area contributed by atoms with Crippen LogP contribution in [-0.2, 0) is 9.59 Å². The average Bonchev–Trinajstić information content (AvgIpc) is 3.75. The summed E-state index contributed by atoms with van der Waals surface area (Å²) in [5, 5.41) is 16.0. The fourth-order valence-corrected chi connectivity index (χ4v) is 8.33. The van der Waals surface area contributed by atoms with E-state index in [0.29, 0.717) is 60.2 Å². The average molecular weight is 801 g/mol. The van der Waals surface area contributed by atoms with Crippen LogP contribution in [0.2, 0.25) is 0 Å². The third kappa shape index (κ3) is 7.26. The Morgan fingerprint density at radius 2 is 1.20 bits per heavy atom. The van der Waals surface area contributed by atoms with Gasteiger partial charge in [-0.1, -0.05) is 79.1 Å². The zero-order valence-corrected chi connectivity index (χ0v) is 32.8. The highest BCUT2D eigenvalue weighted by Crippen LogP contribution is 2.47. The largest absolute Gasteiger partial charge is 0.489 e. The summed E-state index contributed by atoms with van der Waals surface area (Å²) in [5.41, 5.74) is 4.80. The summed E-state index contributed by atoms with van der Waals surface area (Å²) < 4.78 is 11.8. The second-order valence-electron chi connectivity index (χ2n) is 12.9. The van der Waals surface area contributed by atoms with E-state index in [1.165, 1.54) is 12.2 Å². The van der Waals surface area contributed by atoms with Gasteiger partial charge in [-0.2, -0.15) is 0 Å². The van der Waals surface area contributed by atoms with E-state index < -0.39 is 6.09 Å². The first kappa shape index (κ1) is 37.7. The van der Waals surface area contributed by atoms with Gasteiger partial charge >= 0.3 is 6.09 Å². The minimum atomic E-state index is -1.27. The van der Waals surface area contributed by atoms with Crippen molar-refractivity contribution in [1.29, 1.82) is 0 Å². The molecule has 2 unspecified atom stereocenters. The molecule has 3 amide bonds. The molecule has 5 aromatic rings. The molecule has 2 N–H and O–H groups in total. The predicted octanol–water partition coefficient (Wildman–Crippen LogP) is 9.27. The van der Waals surface area contributed by atoms with Crippen molar-refractivity contribution in [1.82, 2.24) is 0 Å². The van der Waals surface area contributed by atoms with Gasteiger partial charge in [-0.15, -0.1) is 23.2 Å². The maximum atomic E-state index is 13.8. The summed E-state index contributed by atoms with van der Waals surface area (Å²) in [6.07, 6.45) is 5.61. The van der Waals surface area contributed by atoms with E-state index in [1.807, 2.05) is 60.7 Å². The standard InChI is InChI=1S/C41H37Cl2N3O6P2/c42-18-26-20-45(33-16-35(51-22-53)28-5-1-3-7-30(28)39(26)33)37(47)13-10-24-9-11-25(32(15-24)44-41(49)50)12-14-38(48)46-21-27(19-43)40-31-8-4-2-6-29(31)36(52-23-54)17-34(40)46/h1-17,26-27,44H,18-23,53-54H2,(H,49,50)/b13-10+,14-12+/t26-,27-/m1/s1. The Morgan fingerprint density at radius 3 is 1.67 bits per heavy atom. The molecular formula is C41H37Cl2N3O6P2. The number of anilines is 3. The molecule has 0 saturated heterocycles. The number of nitrogens with one attached hydrogen (secondary N) is 1. The van der Waals surface area contributed by atoms with Crippen molar-refractivity contribution in [2.75, 3.05) is 52.7 Å². The molecule has 5 aromatic carbocycles. The van der Waals surface area contributed by atoms with Crippen LogP contribution in [0.25, 0.3) is 33.7 Å². The maximum Gasteiger partial charge on any atom is 0.409 e. The molecule has 0 aromatic heterocycles. The third-order valence-electron chi connectivity index (χ3n) is 9.78. The van der Waals surface area contributed by atoms with Gasteiger partial charge in [0.15, 0.2) is 0 Å². The first-order valence-corrected chi connectivity index (χ1v) is 20.0. The molecule has 2 heterocycles. The molecule has 0 spiro atoms. The fourth-order valence-electron chi connectivity index (χ4n) is 7.47. The number of carboxylic acid groups (broad SMARTS) is 1. The predicted molar refractivity (Wildman–Crippen MR) is 226 cm³/mol. The van der Waals surface area contributed by atoms with Crippen LogP contribution in [0.5, 0.6) is 11.5 Å². The molecule has 0 saturated carbocycles. The van der Waals surface area contributed by atoms with Gasteiger partial charge in [0, 0.05) is 71.7 Å². The van der Waals surface area contributed by atoms with E-state index >= 15 is 0 Å². The van der Waals surface area contributed by atoms with Gasteiger partial charge < -0.3 is 24.4 Å². The number of rotatable bonds is 11. The van der Waals surface area contributed by atoms with Gasteiger partial charge in [-0.3, -0.25) is 14.9 Å². The quantitative estimate of drug-likeness (QED) is 0.0784. The van der Waals surface area contributed by atoms with Crippen molar-refractivity contribution in [2.45, 2.75) is 11.8 Å². The summed E-state index contributed by atoms with van der Waals surface area (Å²) in [5.74, 6) is 1.35. The monoisotopic (exact) mass is 799 g/mol. The van der Waals surface area contributed by atoms with Crippen LogP contribution in [0, 0.1) is 0 Å². The number of nitrogens with zero attached hydrogens (tertiary/aromatic N) is 2. The molecule has 2 aliphatic heterocycles. The van der Waals surface area contributed by atoms with Crippen LogP contribution in [-0.4, -0.2) is 60.6 Å². The normalized spacial score (nSPS) is 16.4. The van der Waals surface area contributed by atoms with E-state index in [1.54, 1.807) is 40.2 Å². The first-order chi connectivity index (χ1) is 26.3. The Balaban J connectivity index is 1.15. The van der Waals surface area contributed by atoms with Crippen LogP contribution in [0.4, 0.5) is 21.9 Å². The molecule has 13 heteroatoms. The van der Waals surface area contributed by atoms with Crippen molar-refractivity contribution < 1.29 is 29.0 Å². The van der Waals surface area contributed by atoms with Crippen LogP contribution in [0.3, 0.4) is 0 Å². The minimum Gasteiger partial charge on any atom is -0.489 e. The topological polar surface area (TPSA) is 108 Å². The smallest absolute Gasteiger partial charge is 0.409 e. The number of carbonyl (C=O) groups excluding carboxylic acids is 2.